The van der Waals surface area contributed by atoms with Crippen molar-refractivity contribution in [2.24, 2.45) is 5.92 Å². The normalized spacial score (nSPS) is 21.2. The summed E-state index contributed by atoms with van der Waals surface area (Å²) >= 11 is 0. The lowest BCUT2D eigenvalue weighted by Gasteiger charge is -2.33. The molecule has 0 aliphatic carbocycles. The van der Waals surface area contributed by atoms with Crippen molar-refractivity contribution in [2.75, 3.05) is 32.8 Å². The van der Waals surface area contributed by atoms with Crippen molar-refractivity contribution in [1.29, 1.82) is 0 Å². The van der Waals surface area contributed by atoms with Crippen LogP contribution in [-0.2, 0) is 4.79 Å². The number of nitrogens with one attached hydrogen (secondary N) is 1. The van der Waals surface area contributed by atoms with Crippen molar-refractivity contribution >= 4 is 16.8 Å². The topological polar surface area (TPSA) is 72.5 Å². The highest BCUT2D eigenvalue weighted by Gasteiger charge is 2.48. The van der Waals surface area contributed by atoms with E-state index in [1.54, 1.807) is 0 Å². The predicted molar refractivity (Wildman–Crippen MR) is 150 cm³/mol. The molecule has 6 nitrogen and oxygen atoms in total. The molecule has 5 rings (SSSR count). The quantitative estimate of drug-likeness (QED) is 0.395. The number of pyridine rings is 1. The van der Waals surface area contributed by atoms with Crippen LogP contribution in [-0.4, -0.2) is 75.8 Å². The molecule has 1 aromatic carbocycles. The molecule has 0 unspecified atom stereocenters. The number of aliphatic hydroxyl groups is 1. The molecule has 0 bridgehead atoms. The summed E-state index contributed by atoms with van der Waals surface area (Å²) in [5, 5.41) is 10.8. The summed E-state index contributed by atoms with van der Waals surface area (Å²) in [6.07, 6.45) is -2.82. The van der Waals surface area contributed by atoms with Gasteiger partial charge in [0.25, 0.3) is 0 Å². The van der Waals surface area contributed by atoms with Crippen molar-refractivity contribution in [2.45, 2.75) is 71.0 Å². The van der Waals surface area contributed by atoms with Gasteiger partial charge in [-0.3, -0.25) is 14.7 Å². The fourth-order valence-electron chi connectivity index (χ4n) is 6.63. The van der Waals surface area contributed by atoms with Crippen LogP contribution in [0.3, 0.4) is 0 Å². The zero-order valence-electron chi connectivity index (χ0n) is 23.7. The number of nitrogens with zero attached hydrogens (tertiary/aromatic N) is 3. The van der Waals surface area contributed by atoms with Crippen molar-refractivity contribution in [3.8, 4) is 11.3 Å². The number of piperidine rings is 1. The van der Waals surface area contributed by atoms with Gasteiger partial charge in [0.05, 0.1) is 30.8 Å². The smallest absolute Gasteiger partial charge is 0.393 e. The van der Waals surface area contributed by atoms with E-state index in [0.717, 1.165) is 41.0 Å². The van der Waals surface area contributed by atoms with Crippen molar-refractivity contribution < 1.29 is 23.1 Å². The van der Waals surface area contributed by atoms with Gasteiger partial charge in [-0.1, -0.05) is 19.9 Å². The molecule has 40 heavy (non-hydrogen) atoms. The predicted octanol–water partition coefficient (Wildman–Crippen LogP) is 5.92. The summed E-state index contributed by atoms with van der Waals surface area (Å²) < 4.78 is 39.7. The van der Waals surface area contributed by atoms with Crippen LogP contribution in [0.5, 0.6) is 0 Å². The minimum atomic E-state index is -4.35. The first kappa shape index (κ1) is 28.6. The zero-order valence-corrected chi connectivity index (χ0v) is 23.7. The second-order valence-corrected chi connectivity index (χ2v) is 11.9. The first-order valence-electron chi connectivity index (χ1n) is 14.2. The van der Waals surface area contributed by atoms with Gasteiger partial charge in [-0.05, 0) is 93.4 Å². The highest BCUT2D eigenvalue weighted by atomic mass is 19.4. The van der Waals surface area contributed by atoms with E-state index in [-0.39, 0.29) is 25.4 Å². The summed E-state index contributed by atoms with van der Waals surface area (Å²) in [5.74, 6) is -1.21. The first-order chi connectivity index (χ1) is 18.9. The SMILES string of the molecule is Cc1cc(-c2[nH]c3ccc(C4CCN(CC(=O)N5C[C@H](C(F)(F)F)C[C@@H]5CO)CC4)cc3c2C(C)C)cc(C)n1. The maximum absolute atomic E-state index is 13.2. The molecule has 2 aliphatic heterocycles. The number of likely N-dealkylation sites (tertiary alicyclic amines) is 2. The fraction of sp³-hybridized carbons (Fsp3) is 0.548. The number of aryl methyl sites for hydroxylation is 2. The lowest BCUT2D eigenvalue weighted by molar-refractivity contribution is -0.171. The summed E-state index contributed by atoms with van der Waals surface area (Å²) in [4.78, 5) is 24.4. The van der Waals surface area contributed by atoms with Crippen molar-refractivity contribution in [3.63, 3.8) is 0 Å². The van der Waals surface area contributed by atoms with Gasteiger partial charge in [-0.25, -0.2) is 0 Å². The van der Waals surface area contributed by atoms with Crippen LogP contribution >= 0.6 is 0 Å². The number of alkyl halides is 3. The average molecular weight is 557 g/mol. The summed E-state index contributed by atoms with van der Waals surface area (Å²) in [7, 11) is 0. The lowest BCUT2D eigenvalue weighted by Crippen LogP contribution is -2.46. The first-order valence-corrected chi connectivity index (χ1v) is 14.2. The molecule has 2 atom stereocenters. The Bertz CT molecular complexity index is 1350. The third kappa shape index (κ3) is 5.77. The van der Waals surface area contributed by atoms with Gasteiger partial charge in [-0.15, -0.1) is 0 Å². The number of rotatable bonds is 6. The third-order valence-corrected chi connectivity index (χ3v) is 8.64. The van der Waals surface area contributed by atoms with Gasteiger partial charge in [0.2, 0.25) is 5.91 Å². The maximum atomic E-state index is 13.2. The maximum Gasteiger partial charge on any atom is 0.393 e. The molecule has 2 fully saturated rings. The molecule has 0 spiro atoms. The van der Waals surface area contributed by atoms with E-state index < -0.39 is 24.7 Å². The van der Waals surface area contributed by atoms with Gasteiger partial charge in [0.15, 0.2) is 0 Å². The number of fused-ring (bicyclic) bond motifs is 1. The molecule has 2 aliphatic rings. The lowest BCUT2D eigenvalue weighted by atomic mass is 9.87. The van der Waals surface area contributed by atoms with E-state index in [1.165, 1.54) is 21.4 Å². The second-order valence-electron chi connectivity index (χ2n) is 11.9. The summed E-state index contributed by atoms with van der Waals surface area (Å²) in [6.45, 7) is 9.17. The Morgan fingerprint density at radius 2 is 1.80 bits per heavy atom. The van der Waals surface area contributed by atoms with E-state index in [4.69, 9.17) is 0 Å². The van der Waals surface area contributed by atoms with Crippen LogP contribution in [0.15, 0.2) is 30.3 Å². The van der Waals surface area contributed by atoms with Crippen LogP contribution < -0.4 is 0 Å². The third-order valence-electron chi connectivity index (χ3n) is 8.64. The largest absolute Gasteiger partial charge is 0.394 e. The monoisotopic (exact) mass is 556 g/mol. The fourth-order valence-corrected chi connectivity index (χ4v) is 6.63. The number of aliphatic hydroxyl groups excluding tert-OH is 1. The summed E-state index contributed by atoms with van der Waals surface area (Å²) in [6, 6.07) is 10.1. The number of hydrogen-bond acceptors (Lipinski definition) is 4. The van der Waals surface area contributed by atoms with E-state index >= 15 is 0 Å². The Labute approximate surface area is 233 Å². The number of aromatic amines is 1. The molecule has 2 N–H and O–H groups in total. The van der Waals surface area contributed by atoms with Crippen molar-refractivity contribution in [1.82, 2.24) is 19.8 Å². The zero-order chi connectivity index (χ0) is 28.8. The van der Waals surface area contributed by atoms with Crippen LogP contribution in [0.2, 0.25) is 0 Å². The molecule has 4 heterocycles. The molecular weight excluding hydrogens is 517 g/mol. The number of H-pyrrole nitrogens is 1. The highest BCUT2D eigenvalue weighted by Crippen LogP contribution is 2.39. The van der Waals surface area contributed by atoms with E-state index in [9.17, 15) is 23.1 Å². The van der Waals surface area contributed by atoms with Crippen LogP contribution in [0.1, 0.15) is 67.5 Å². The Morgan fingerprint density at radius 1 is 1.12 bits per heavy atom. The Kier molecular flexibility index (Phi) is 7.99. The van der Waals surface area contributed by atoms with Gasteiger partial charge in [-0.2, -0.15) is 13.2 Å². The van der Waals surface area contributed by atoms with Crippen LogP contribution in [0, 0.1) is 19.8 Å². The summed E-state index contributed by atoms with van der Waals surface area (Å²) in [5.41, 5.74) is 7.95. The molecule has 9 heteroatoms. The Balaban J connectivity index is 1.28. The van der Waals surface area contributed by atoms with Gasteiger partial charge in [0, 0.05) is 34.4 Å². The number of carbonyl (C=O) groups is 1. The Morgan fingerprint density at radius 3 is 2.40 bits per heavy atom. The number of halogens is 3. The number of aromatic nitrogens is 2. The molecule has 216 valence electrons. The highest BCUT2D eigenvalue weighted by molar-refractivity contribution is 5.92. The van der Waals surface area contributed by atoms with E-state index in [1.807, 2.05) is 18.7 Å². The second kappa shape index (κ2) is 11.2. The molecule has 1 amide bonds. The minimum absolute atomic E-state index is 0.0935. The van der Waals surface area contributed by atoms with Crippen LogP contribution in [0.25, 0.3) is 22.2 Å². The molecular formula is C31H39F3N4O2. The Hall–Kier alpha value is -2.91. The molecule has 0 radical (unpaired) electrons. The molecule has 0 saturated carbocycles. The van der Waals surface area contributed by atoms with E-state index in [0.29, 0.717) is 24.9 Å². The van der Waals surface area contributed by atoms with E-state index in [2.05, 4.69) is 54.1 Å². The van der Waals surface area contributed by atoms with Crippen molar-refractivity contribution in [3.05, 3.63) is 52.8 Å². The molecule has 2 saturated heterocycles. The molecule has 2 aromatic heterocycles. The standard InChI is InChI=1S/C31H39F3N4O2/c1-18(2)29-26-13-22(5-6-27(26)36-30(29)23-11-19(3)35-20(4)12-23)21-7-9-37(10-8-21)16-28(40)38-15-24(31(32,33)34)14-25(38)17-39/h5-6,11-13,18,21,24-25,36,39H,7-10,14-17H2,1-4H3/t24-,25-/m1/s1. The number of hydrogen-bond donors (Lipinski definition) is 2. The van der Waals surface area contributed by atoms with Crippen LogP contribution in [0.4, 0.5) is 13.2 Å². The minimum Gasteiger partial charge on any atom is -0.394 e. The number of carbonyl (C=O) groups excluding carboxylic acids is 1. The molecule has 3 aromatic rings. The average Bonchev–Trinajstić information content (AvgIpc) is 3.50. The number of amides is 1. The number of benzene rings is 1. The van der Waals surface area contributed by atoms with Gasteiger partial charge >= 0.3 is 6.18 Å². The van der Waals surface area contributed by atoms with Gasteiger partial charge < -0.3 is 15.0 Å². The van der Waals surface area contributed by atoms with Gasteiger partial charge in [0.1, 0.15) is 0 Å².